The number of hydrogen-bond donors (Lipinski definition) is 1. The first-order valence-corrected chi connectivity index (χ1v) is 8.28. The van der Waals surface area contributed by atoms with Crippen LogP contribution in [0.2, 0.25) is 0 Å². The number of nitrogens with one attached hydrogen (secondary N) is 1. The number of carbonyl (C=O) groups excluding carboxylic acids is 2. The predicted octanol–water partition coefficient (Wildman–Crippen LogP) is 3.19. The van der Waals surface area contributed by atoms with Gasteiger partial charge >= 0.3 is 5.97 Å². The van der Waals surface area contributed by atoms with E-state index in [1.807, 2.05) is 42.6 Å². The highest BCUT2D eigenvalue weighted by Crippen LogP contribution is 2.19. The summed E-state index contributed by atoms with van der Waals surface area (Å²) in [4.78, 5) is 24.6. The summed E-state index contributed by atoms with van der Waals surface area (Å²) in [5.41, 5.74) is 0.757. The van der Waals surface area contributed by atoms with E-state index in [0.717, 1.165) is 10.4 Å². The fourth-order valence-corrected chi connectivity index (χ4v) is 2.77. The van der Waals surface area contributed by atoms with Crippen molar-refractivity contribution in [3.05, 3.63) is 58.3 Å². The van der Waals surface area contributed by atoms with E-state index in [1.165, 1.54) is 6.08 Å². The molecule has 24 heavy (non-hydrogen) atoms. The number of rotatable bonds is 7. The van der Waals surface area contributed by atoms with E-state index in [4.69, 9.17) is 9.47 Å². The molecule has 1 aromatic heterocycles. The van der Waals surface area contributed by atoms with Crippen molar-refractivity contribution in [3.63, 3.8) is 0 Å². The average Bonchev–Trinajstić information content (AvgIpc) is 3.13. The maximum atomic E-state index is 11.8. The van der Waals surface area contributed by atoms with Gasteiger partial charge in [-0.25, -0.2) is 4.79 Å². The quantitative estimate of drug-likeness (QED) is 0.618. The fraction of sp³-hybridized carbons (Fsp3) is 0.222. The van der Waals surface area contributed by atoms with Crippen molar-refractivity contribution in [1.82, 2.24) is 5.32 Å². The van der Waals surface area contributed by atoms with Crippen LogP contribution in [0.25, 0.3) is 6.08 Å². The predicted molar refractivity (Wildman–Crippen MR) is 93.9 cm³/mol. The highest BCUT2D eigenvalue weighted by atomic mass is 32.1. The SMILES string of the molecule is COc1ccccc1/C=C/C(=O)OCC(=O)N[C@H](C)c1cccs1. The maximum Gasteiger partial charge on any atom is 0.331 e. The molecular formula is C18H19NO4S. The third-order valence-corrected chi connectivity index (χ3v) is 4.29. The standard InChI is InChI=1S/C18H19NO4S/c1-13(16-8-5-11-24-16)19-17(20)12-23-18(21)10-9-14-6-3-4-7-15(14)22-2/h3-11,13H,12H2,1-2H3,(H,19,20)/b10-9+/t13-/m1/s1. The molecule has 0 saturated heterocycles. The molecule has 0 aliphatic carbocycles. The molecule has 0 aliphatic heterocycles. The lowest BCUT2D eigenvalue weighted by Crippen LogP contribution is -2.30. The van der Waals surface area contributed by atoms with Crippen molar-refractivity contribution in [1.29, 1.82) is 0 Å². The van der Waals surface area contributed by atoms with Crippen molar-refractivity contribution in [2.24, 2.45) is 0 Å². The van der Waals surface area contributed by atoms with Gasteiger partial charge in [-0.05, 0) is 30.5 Å². The number of benzene rings is 1. The molecule has 1 amide bonds. The molecule has 0 unspecified atom stereocenters. The van der Waals surface area contributed by atoms with Gasteiger partial charge < -0.3 is 14.8 Å². The summed E-state index contributed by atoms with van der Waals surface area (Å²) in [7, 11) is 1.56. The second-order valence-corrected chi connectivity index (χ2v) is 5.97. The zero-order valence-corrected chi connectivity index (χ0v) is 14.3. The first-order valence-electron chi connectivity index (χ1n) is 7.40. The van der Waals surface area contributed by atoms with E-state index < -0.39 is 5.97 Å². The molecule has 0 fully saturated rings. The Morgan fingerprint density at radius 3 is 2.75 bits per heavy atom. The molecule has 126 valence electrons. The van der Waals surface area contributed by atoms with E-state index >= 15 is 0 Å². The van der Waals surface area contributed by atoms with Crippen LogP contribution in [-0.2, 0) is 14.3 Å². The van der Waals surface area contributed by atoms with Crippen LogP contribution in [0.3, 0.4) is 0 Å². The lowest BCUT2D eigenvalue weighted by atomic mass is 10.2. The van der Waals surface area contributed by atoms with Crippen molar-refractivity contribution < 1.29 is 19.1 Å². The second-order valence-electron chi connectivity index (χ2n) is 4.99. The largest absolute Gasteiger partial charge is 0.496 e. The third-order valence-electron chi connectivity index (χ3n) is 3.23. The molecule has 2 aromatic rings. The number of amides is 1. The van der Waals surface area contributed by atoms with Crippen LogP contribution < -0.4 is 10.1 Å². The van der Waals surface area contributed by atoms with Gasteiger partial charge in [0.1, 0.15) is 5.75 Å². The summed E-state index contributed by atoms with van der Waals surface area (Å²) in [5.74, 6) is -0.265. The first-order chi connectivity index (χ1) is 11.6. The number of ether oxygens (including phenoxy) is 2. The molecule has 0 spiro atoms. The van der Waals surface area contributed by atoms with Crippen LogP contribution >= 0.6 is 11.3 Å². The van der Waals surface area contributed by atoms with Gasteiger partial charge in [0.25, 0.3) is 5.91 Å². The molecule has 1 atom stereocenters. The van der Waals surface area contributed by atoms with Crippen LogP contribution in [0.15, 0.2) is 47.9 Å². The lowest BCUT2D eigenvalue weighted by Gasteiger charge is -2.11. The Hall–Kier alpha value is -2.60. The Balaban J connectivity index is 1.80. The second kappa shape index (κ2) is 8.88. The molecule has 1 heterocycles. The molecule has 0 bridgehead atoms. The van der Waals surface area contributed by atoms with Crippen LogP contribution in [-0.4, -0.2) is 25.6 Å². The minimum absolute atomic E-state index is 0.111. The Bertz CT molecular complexity index is 710. The molecule has 1 N–H and O–H groups in total. The van der Waals surface area contributed by atoms with Crippen LogP contribution in [0.4, 0.5) is 0 Å². The number of thiophene rings is 1. The van der Waals surface area contributed by atoms with Crippen molar-refractivity contribution >= 4 is 29.3 Å². The minimum Gasteiger partial charge on any atom is -0.496 e. The molecule has 0 saturated carbocycles. The van der Waals surface area contributed by atoms with E-state index in [2.05, 4.69) is 5.32 Å². The van der Waals surface area contributed by atoms with Crippen molar-refractivity contribution in [3.8, 4) is 5.75 Å². The Labute approximate surface area is 144 Å². The zero-order chi connectivity index (χ0) is 17.4. The van der Waals surface area contributed by atoms with E-state index in [9.17, 15) is 9.59 Å². The first kappa shape index (κ1) is 17.7. The van der Waals surface area contributed by atoms with Gasteiger partial charge in [0.05, 0.1) is 13.2 Å². The Morgan fingerprint density at radius 1 is 1.25 bits per heavy atom. The fourth-order valence-electron chi connectivity index (χ4n) is 2.04. The molecular weight excluding hydrogens is 326 g/mol. The number of methoxy groups -OCH3 is 1. The summed E-state index contributed by atoms with van der Waals surface area (Å²) in [6.07, 6.45) is 2.86. The topological polar surface area (TPSA) is 64.6 Å². The molecule has 0 aliphatic rings. The monoisotopic (exact) mass is 345 g/mol. The van der Waals surface area contributed by atoms with Crippen LogP contribution in [0.5, 0.6) is 5.75 Å². The van der Waals surface area contributed by atoms with Gasteiger partial charge in [-0.1, -0.05) is 24.3 Å². The van der Waals surface area contributed by atoms with Gasteiger partial charge in [0.2, 0.25) is 0 Å². The smallest absolute Gasteiger partial charge is 0.331 e. The molecule has 2 rings (SSSR count). The summed E-state index contributed by atoms with van der Waals surface area (Å²) in [6, 6.07) is 11.0. The number of para-hydroxylation sites is 1. The average molecular weight is 345 g/mol. The number of hydrogen-bond acceptors (Lipinski definition) is 5. The van der Waals surface area contributed by atoms with E-state index in [1.54, 1.807) is 30.6 Å². The Morgan fingerprint density at radius 2 is 2.04 bits per heavy atom. The van der Waals surface area contributed by atoms with Gasteiger partial charge in [-0.15, -0.1) is 11.3 Å². The summed E-state index contributed by atoms with van der Waals surface area (Å²) in [6.45, 7) is 1.57. The van der Waals surface area contributed by atoms with Crippen LogP contribution in [0, 0.1) is 0 Å². The summed E-state index contributed by atoms with van der Waals surface area (Å²) in [5, 5.41) is 4.72. The number of carbonyl (C=O) groups is 2. The summed E-state index contributed by atoms with van der Waals surface area (Å²) >= 11 is 1.56. The normalized spacial score (nSPS) is 11.9. The molecule has 1 aromatic carbocycles. The van der Waals surface area contributed by atoms with Crippen molar-refractivity contribution in [2.45, 2.75) is 13.0 Å². The minimum atomic E-state index is -0.583. The highest BCUT2D eigenvalue weighted by molar-refractivity contribution is 7.10. The number of esters is 1. The van der Waals surface area contributed by atoms with Gasteiger partial charge in [0.15, 0.2) is 6.61 Å². The maximum absolute atomic E-state index is 11.8. The molecule has 6 heteroatoms. The lowest BCUT2D eigenvalue weighted by molar-refractivity contribution is -0.144. The molecule has 0 radical (unpaired) electrons. The zero-order valence-electron chi connectivity index (χ0n) is 13.5. The van der Waals surface area contributed by atoms with E-state index in [-0.39, 0.29) is 18.6 Å². The van der Waals surface area contributed by atoms with Crippen LogP contribution in [0.1, 0.15) is 23.4 Å². The van der Waals surface area contributed by atoms with Gasteiger partial charge in [-0.3, -0.25) is 4.79 Å². The Kier molecular flexibility index (Phi) is 6.57. The highest BCUT2D eigenvalue weighted by Gasteiger charge is 2.11. The van der Waals surface area contributed by atoms with E-state index in [0.29, 0.717) is 5.75 Å². The third kappa shape index (κ3) is 5.24. The van der Waals surface area contributed by atoms with Crippen molar-refractivity contribution in [2.75, 3.05) is 13.7 Å². The summed E-state index contributed by atoms with van der Waals surface area (Å²) < 4.78 is 10.1. The van der Waals surface area contributed by atoms with Gasteiger partial charge in [0, 0.05) is 16.5 Å². The molecule has 5 nitrogen and oxygen atoms in total. The van der Waals surface area contributed by atoms with Gasteiger partial charge in [-0.2, -0.15) is 0 Å².